The molecule has 0 amide bonds. The summed E-state index contributed by atoms with van der Waals surface area (Å²) in [6.45, 7) is 0. The topological polar surface area (TPSA) is 36.7 Å². The summed E-state index contributed by atoms with van der Waals surface area (Å²) in [7, 11) is 0. The van der Waals surface area contributed by atoms with Crippen LogP contribution in [0.5, 0.6) is 0 Å². The lowest BCUT2D eigenvalue weighted by atomic mass is 10.0. The predicted octanol–water partition coefficient (Wildman–Crippen LogP) is 3.27. The van der Waals surface area contributed by atoms with Crippen molar-refractivity contribution in [1.29, 1.82) is 5.26 Å². The Hall–Kier alpha value is -1.85. The Balaban J connectivity index is 2.55. The molecule has 0 N–H and O–H groups in total. The summed E-state index contributed by atoms with van der Waals surface area (Å²) in [4.78, 5) is 3.99. The summed E-state index contributed by atoms with van der Waals surface area (Å²) < 4.78 is 0. The Morgan fingerprint density at radius 3 is 2.60 bits per heavy atom. The highest BCUT2D eigenvalue weighted by molar-refractivity contribution is 6.29. The molecule has 0 radical (unpaired) electrons. The lowest BCUT2D eigenvalue weighted by Crippen LogP contribution is -1.84. The van der Waals surface area contributed by atoms with Crippen LogP contribution in [0.15, 0.2) is 42.6 Å². The van der Waals surface area contributed by atoms with Crippen molar-refractivity contribution in [3.63, 3.8) is 0 Å². The van der Waals surface area contributed by atoms with Gasteiger partial charge in [0.2, 0.25) is 0 Å². The van der Waals surface area contributed by atoms with Gasteiger partial charge in [0.25, 0.3) is 0 Å². The molecule has 0 spiro atoms. The molecule has 1 aromatic heterocycles. The van der Waals surface area contributed by atoms with Crippen LogP contribution < -0.4 is 0 Å². The quantitative estimate of drug-likeness (QED) is 0.683. The van der Waals surface area contributed by atoms with Crippen molar-refractivity contribution in [3.8, 4) is 17.2 Å². The molecule has 0 unspecified atom stereocenters. The Labute approximate surface area is 92.8 Å². The highest BCUT2D eigenvalue weighted by atomic mass is 35.5. The van der Waals surface area contributed by atoms with E-state index in [1.54, 1.807) is 18.3 Å². The molecule has 2 rings (SSSR count). The largest absolute Gasteiger partial charge is 0.244 e. The van der Waals surface area contributed by atoms with E-state index < -0.39 is 0 Å². The first kappa shape index (κ1) is 9.70. The molecule has 15 heavy (non-hydrogen) atoms. The van der Waals surface area contributed by atoms with Crippen molar-refractivity contribution in [2.45, 2.75) is 0 Å². The molecule has 0 atom stereocenters. The number of hydrogen-bond acceptors (Lipinski definition) is 2. The molecule has 0 saturated heterocycles. The van der Waals surface area contributed by atoms with Crippen molar-refractivity contribution < 1.29 is 0 Å². The summed E-state index contributed by atoms with van der Waals surface area (Å²) in [5.74, 6) is 0. The number of nitriles is 1. The minimum Gasteiger partial charge on any atom is -0.244 e. The Bertz CT molecular complexity index is 512. The van der Waals surface area contributed by atoms with Gasteiger partial charge in [0, 0.05) is 17.3 Å². The molecule has 0 bridgehead atoms. The highest BCUT2D eigenvalue weighted by Gasteiger charge is 2.03. The molecule has 0 saturated carbocycles. The van der Waals surface area contributed by atoms with Gasteiger partial charge < -0.3 is 0 Å². The smallest absolute Gasteiger partial charge is 0.129 e. The second-order valence-corrected chi connectivity index (χ2v) is 3.41. The fourth-order valence-electron chi connectivity index (χ4n) is 1.37. The van der Waals surface area contributed by atoms with Crippen molar-refractivity contribution in [3.05, 3.63) is 53.3 Å². The van der Waals surface area contributed by atoms with Crippen LogP contribution in [0, 0.1) is 11.3 Å². The van der Waals surface area contributed by atoms with E-state index in [-0.39, 0.29) is 0 Å². The summed E-state index contributed by atoms with van der Waals surface area (Å²) in [6.07, 6.45) is 1.67. The van der Waals surface area contributed by atoms with Gasteiger partial charge in [0.1, 0.15) is 5.15 Å². The number of rotatable bonds is 1. The van der Waals surface area contributed by atoms with Gasteiger partial charge >= 0.3 is 0 Å². The molecule has 1 heterocycles. The molecule has 0 aliphatic rings. The van der Waals surface area contributed by atoms with Gasteiger partial charge in [-0.05, 0) is 18.2 Å². The van der Waals surface area contributed by atoms with Crippen molar-refractivity contribution in [2.75, 3.05) is 0 Å². The maximum Gasteiger partial charge on any atom is 0.129 e. The van der Waals surface area contributed by atoms with E-state index in [1.807, 2.05) is 24.3 Å². The van der Waals surface area contributed by atoms with Crippen molar-refractivity contribution >= 4 is 11.6 Å². The number of nitrogens with zero attached hydrogens (tertiary/aromatic N) is 2. The molecular weight excluding hydrogens is 208 g/mol. The number of hydrogen-bond donors (Lipinski definition) is 0. The number of pyridine rings is 1. The van der Waals surface area contributed by atoms with Crippen LogP contribution in [-0.2, 0) is 0 Å². The van der Waals surface area contributed by atoms with Crippen LogP contribution in [0.1, 0.15) is 5.56 Å². The van der Waals surface area contributed by atoms with Crippen LogP contribution in [0.2, 0.25) is 5.15 Å². The summed E-state index contributed by atoms with van der Waals surface area (Å²) >= 11 is 5.70. The molecule has 2 aromatic rings. The van der Waals surface area contributed by atoms with Gasteiger partial charge in [-0.25, -0.2) is 4.98 Å². The van der Waals surface area contributed by atoms with E-state index in [1.165, 1.54) is 0 Å². The van der Waals surface area contributed by atoms with E-state index in [0.29, 0.717) is 10.7 Å². The lowest BCUT2D eigenvalue weighted by molar-refractivity contribution is 1.32. The fraction of sp³-hybridized carbons (Fsp3) is 0. The SMILES string of the molecule is N#Cc1ccccc1-c1ccc(Cl)nc1. The third-order valence-corrected chi connectivity index (χ3v) is 2.31. The Kier molecular flexibility index (Phi) is 2.66. The number of benzene rings is 1. The summed E-state index contributed by atoms with van der Waals surface area (Å²) in [5, 5.41) is 9.39. The second-order valence-electron chi connectivity index (χ2n) is 3.03. The first-order valence-electron chi connectivity index (χ1n) is 4.42. The van der Waals surface area contributed by atoms with Gasteiger partial charge in [0.15, 0.2) is 0 Å². The average Bonchev–Trinajstić information content (AvgIpc) is 2.30. The molecule has 0 aliphatic heterocycles. The van der Waals surface area contributed by atoms with Crippen molar-refractivity contribution in [1.82, 2.24) is 4.98 Å². The lowest BCUT2D eigenvalue weighted by Gasteiger charge is -2.02. The third-order valence-electron chi connectivity index (χ3n) is 2.09. The van der Waals surface area contributed by atoms with E-state index >= 15 is 0 Å². The maximum absolute atomic E-state index is 8.94. The first-order chi connectivity index (χ1) is 7.31. The Morgan fingerprint density at radius 1 is 1.13 bits per heavy atom. The van der Waals surface area contributed by atoms with Crippen LogP contribution >= 0.6 is 11.6 Å². The van der Waals surface area contributed by atoms with Gasteiger partial charge in [-0.1, -0.05) is 29.8 Å². The molecule has 72 valence electrons. The third kappa shape index (κ3) is 1.98. The minimum absolute atomic E-state index is 0.452. The summed E-state index contributed by atoms with van der Waals surface area (Å²) in [5.41, 5.74) is 2.42. The molecule has 0 aliphatic carbocycles. The highest BCUT2D eigenvalue weighted by Crippen LogP contribution is 2.22. The fourth-order valence-corrected chi connectivity index (χ4v) is 1.48. The number of aromatic nitrogens is 1. The van der Waals surface area contributed by atoms with Crippen LogP contribution in [0.25, 0.3) is 11.1 Å². The molecule has 1 aromatic carbocycles. The molecular formula is C12H7ClN2. The van der Waals surface area contributed by atoms with E-state index in [0.717, 1.165) is 11.1 Å². The van der Waals surface area contributed by atoms with Crippen LogP contribution in [0.4, 0.5) is 0 Å². The summed E-state index contributed by atoms with van der Waals surface area (Å²) in [6, 6.07) is 13.1. The van der Waals surface area contributed by atoms with Gasteiger partial charge in [-0.3, -0.25) is 0 Å². The average molecular weight is 215 g/mol. The zero-order valence-electron chi connectivity index (χ0n) is 7.81. The zero-order valence-corrected chi connectivity index (χ0v) is 8.57. The molecule has 0 fully saturated rings. The van der Waals surface area contributed by atoms with Gasteiger partial charge in [-0.2, -0.15) is 5.26 Å². The molecule has 3 heteroatoms. The van der Waals surface area contributed by atoms with Crippen molar-refractivity contribution in [2.24, 2.45) is 0 Å². The zero-order chi connectivity index (χ0) is 10.7. The monoisotopic (exact) mass is 214 g/mol. The first-order valence-corrected chi connectivity index (χ1v) is 4.80. The van der Waals surface area contributed by atoms with Crippen LogP contribution in [0.3, 0.4) is 0 Å². The van der Waals surface area contributed by atoms with E-state index in [9.17, 15) is 0 Å². The minimum atomic E-state index is 0.452. The van der Waals surface area contributed by atoms with E-state index in [2.05, 4.69) is 11.1 Å². The van der Waals surface area contributed by atoms with Gasteiger partial charge in [-0.15, -0.1) is 0 Å². The normalized spacial score (nSPS) is 9.60. The van der Waals surface area contributed by atoms with E-state index in [4.69, 9.17) is 16.9 Å². The molecule has 2 nitrogen and oxygen atoms in total. The predicted molar refractivity (Wildman–Crippen MR) is 59.4 cm³/mol. The van der Waals surface area contributed by atoms with Gasteiger partial charge in [0.05, 0.1) is 11.6 Å². The Morgan fingerprint density at radius 2 is 1.93 bits per heavy atom. The number of halogens is 1. The second kappa shape index (κ2) is 4.12. The maximum atomic E-state index is 8.94. The standard InChI is InChI=1S/C12H7ClN2/c13-12-6-5-10(8-15-12)11-4-2-1-3-9(11)7-14/h1-6,8H. The van der Waals surface area contributed by atoms with Crippen LogP contribution in [-0.4, -0.2) is 4.98 Å².